The quantitative estimate of drug-likeness (QED) is 0.941. The summed E-state index contributed by atoms with van der Waals surface area (Å²) in [6.45, 7) is 1.78. The molecule has 0 aliphatic heterocycles. The summed E-state index contributed by atoms with van der Waals surface area (Å²) in [7, 11) is 3.00. The number of nitrogens with zero attached hydrogens (tertiary/aromatic N) is 2. The molecule has 0 atom stereocenters. The predicted octanol–water partition coefficient (Wildman–Crippen LogP) is 3.52. The zero-order chi connectivity index (χ0) is 15.6. The summed E-state index contributed by atoms with van der Waals surface area (Å²) in [4.78, 5) is 7.53. The largest absolute Gasteiger partial charge is 0.497 e. The predicted molar refractivity (Wildman–Crippen MR) is 73.3 cm³/mol. The molecule has 0 unspecified atom stereocenters. The van der Waals surface area contributed by atoms with Gasteiger partial charge in [0.05, 0.1) is 12.8 Å². The van der Waals surface area contributed by atoms with Crippen molar-refractivity contribution in [1.82, 2.24) is 9.97 Å². The van der Waals surface area contributed by atoms with Crippen LogP contribution in [0.1, 0.15) is 11.3 Å². The third-order valence-electron chi connectivity index (χ3n) is 2.95. The van der Waals surface area contributed by atoms with Crippen LogP contribution < -0.4 is 10.1 Å². The fraction of sp³-hybridized carbons (Fsp3) is 0.286. The number of methoxy groups -OCH3 is 1. The number of ether oxygens (including phenoxy) is 1. The second-order valence-corrected chi connectivity index (χ2v) is 4.39. The van der Waals surface area contributed by atoms with Crippen LogP contribution in [0.15, 0.2) is 24.3 Å². The lowest BCUT2D eigenvalue weighted by atomic mass is 10.0. The second kappa shape index (κ2) is 5.59. The lowest BCUT2D eigenvalue weighted by molar-refractivity contribution is -0.141. The molecule has 1 heterocycles. The monoisotopic (exact) mass is 297 g/mol. The second-order valence-electron chi connectivity index (χ2n) is 4.39. The van der Waals surface area contributed by atoms with Crippen molar-refractivity contribution in [2.75, 3.05) is 19.5 Å². The van der Waals surface area contributed by atoms with Gasteiger partial charge in [0, 0.05) is 12.6 Å². The van der Waals surface area contributed by atoms with Crippen LogP contribution in [0.3, 0.4) is 0 Å². The Bertz CT molecular complexity index is 656. The molecule has 0 amide bonds. The molecular weight excluding hydrogens is 283 g/mol. The van der Waals surface area contributed by atoms with Gasteiger partial charge in [0.2, 0.25) is 5.95 Å². The maximum atomic E-state index is 12.9. The smallest absolute Gasteiger partial charge is 0.433 e. The molecular formula is C14H14F3N3O. The first-order valence-corrected chi connectivity index (χ1v) is 6.14. The average Bonchev–Trinajstić information content (AvgIpc) is 2.45. The van der Waals surface area contributed by atoms with E-state index >= 15 is 0 Å². The Morgan fingerprint density at radius 3 is 2.38 bits per heavy atom. The number of alkyl halides is 3. The number of halogens is 3. The highest BCUT2D eigenvalue weighted by atomic mass is 19.4. The molecule has 2 rings (SSSR count). The minimum atomic E-state index is -4.52. The lowest BCUT2D eigenvalue weighted by Crippen LogP contribution is -2.11. The number of anilines is 1. The third-order valence-corrected chi connectivity index (χ3v) is 2.95. The van der Waals surface area contributed by atoms with Crippen molar-refractivity contribution < 1.29 is 17.9 Å². The van der Waals surface area contributed by atoms with Crippen molar-refractivity contribution in [1.29, 1.82) is 0 Å². The van der Waals surface area contributed by atoms with Crippen molar-refractivity contribution in [3.05, 3.63) is 35.5 Å². The lowest BCUT2D eigenvalue weighted by Gasteiger charge is -2.12. The van der Waals surface area contributed by atoms with E-state index in [2.05, 4.69) is 15.3 Å². The van der Waals surface area contributed by atoms with E-state index in [-0.39, 0.29) is 11.6 Å². The van der Waals surface area contributed by atoms with Gasteiger partial charge >= 0.3 is 6.18 Å². The maximum absolute atomic E-state index is 12.9. The van der Waals surface area contributed by atoms with E-state index in [1.807, 2.05) is 0 Å². The molecule has 0 radical (unpaired) electrons. The SMILES string of the molecule is CNc1nc(-c2ccc(OC)cc2C)cc(C(F)(F)F)n1. The molecule has 0 bridgehead atoms. The Labute approximate surface area is 120 Å². The number of benzene rings is 1. The summed E-state index contributed by atoms with van der Waals surface area (Å²) >= 11 is 0. The first-order chi connectivity index (χ1) is 9.85. The van der Waals surface area contributed by atoms with E-state index in [1.54, 1.807) is 25.1 Å². The molecule has 4 nitrogen and oxygen atoms in total. The Balaban J connectivity index is 2.58. The summed E-state index contributed by atoms with van der Waals surface area (Å²) < 4.78 is 43.7. The number of hydrogen-bond acceptors (Lipinski definition) is 4. The number of rotatable bonds is 3. The van der Waals surface area contributed by atoms with E-state index in [0.717, 1.165) is 11.6 Å². The summed E-state index contributed by atoms with van der Waals surface area (Å²) in [5, 5.41) is 2.54. The van der Waals surface area contributed by atoms with Crippen LogP contribution in [-0.4, -0.2) is 24.1 Å². The Morgan fingerprint density at radius 2 is 1.86 bits per heavy atom. The summed E-state index contributed by atoms with van der Waals surface area (Å²) in [5.41, 5.74) is 0.595. The molecule has 21 heavy (non-hydrogen) atoms. The van der Waals surface area contributed by atoms with Gasteiger partial charge in [-0.25, -0.2) is 9.97 Å². The van der Waals surface area contributed by atoms with Crippen molar-refractivity contribution in [2.45, 2.75) is 13.1 Å². The fourth-order valence-electron chi connectivity index (χ4n) is 1.89. The molecule has 1 aromatic carbocycles. The van der Waals surface area contributed by atoms with Gasteiger partial charge in [-0.3, -0.25) is 0 Å². The van der Waals surface area contributed by atoms with Crippen molar-refractivity contribution in [2.24, 2.45) is 0 Å². The minimum absolute atomic E-state index is 0.0740. The van der Waals surface area contributed by atoms with Crippen LogP contribution in [0.2, 0.25) is 0 Å². The maximum Gasteiger partial charge on any atom is 0.433 e. The van der Waals surface area contributed by atoms with E-state index in [0.29, 0.717) is 11.3 Å². The summed E-state index contributed by atoms with van der Waals surface area (Å²) in [6, 6.07) is 6.03. The summed E-state index contributed by atoms with van der Waals surface area (Å²) in [6.07, 6.45) is -4.52. The zero-order valence-corrected chi connectivity index (χ0v) is 11.7. The van der Waals surface area contributed by atoms with Gasteiger partial charge in [-0.15, -0.1) is 0 Å². The molecule has 2 aromatic rings. The number of aryl methyl sites for hydroxylation is 1. The minimum Gasteiger partial charge on any atom is -0.497 e. The average molecular weight is 297 g/mol. The van der Waals surface area contributed by atoms with Crippen LogP contribution in [0.5, 0.6) is 5.75 Å². The fourth-order valence-corrected chi connectivity index (χ4v) is 1.89. The Kier molecular flexibility index (Phi) is 4.02. The van der Waals surface area contributed by atoms with Crippen LogP contribution >= 0.6 is 0 Å². The van der Waals surface area contributed by atoms with E-state index in [1.165, 1.54) is 14.2 Å². The molecule has 0 saturated heterocycles. The van der Waals surface area contributed by atoms with Crippen molar-refractivity contribution in [3.8, 4) is 17.0 Å². The standard InChI is InChI=1S/C14H14F3N3O/c1-8-6-9(21-3)4-5-10(8)11-7-12(14(15,16)17)20-13(18-2)19-11/h4-7H,1-3H3,(H,18,19,20). The molecule has 112 valence electrons. The molecule has 0 fully saturated rings. The summed E-state index contributed by atoms with van der Waals surface area (Å²) in [5.74, 6) is 0.560. The first kappa shape index (κ1) is 15.1. The van der Waals surface area contributed by atoms with Gasteiger partial charge < -0.3 is 10.1 Å². The van der Waals surface area contributed by atoms with E-state index < -0.39 is 11.9 Å². The van der Waals surface area contributed by atoms with Crippen LogP contribution in [0.25, 0.3) is 11.3 Å². The highest BCUT2D eigenvalue weighted by Gasteiger charge is 2.33. The molecule has 0 aliphatic rings. The van der Waals surface area contributed by atoms with Gasteiger partial charge in [-0.1, -0.05) is 0 Å². The van der Waals surface area contributed by atoms with Gasteiger partial charge in [0.1, 0.15) is 5.75 Å². The van der Waals surface area contributed by atoms with Gasteiger partial charge in [0.15, 0.2) is 5.69 Å². The van der Waals surface area contributed by atoms with Crippen LogP contribution in [-0.2, 0) is 6.18 Å². The third kappa shape index (κ3) is 3.24. The Morgan fingerprint density at radius 1 is 1.14 bits per heavy atom. The highest BCUT2D eigenvalue weighted by molar-refractivity contribution is 5.66. The van der Waals surface area contributed by atoms with E-state index in [9.17, 15) is 13.2 Å². The molecule has 7 heteroatoms. The van der Waals surface area contributed by atoms with Crippen molar-refractivity contribution >= 4 is 5.95 Å². The molecule has 1 aromatic heterocycles. The Hall–Kier alpha value is -2.31. The van der Waals surface area contributed by atoms with Crippen molar-refractivity contribution in [3.63, 3.8) is 0 Å². The van der Waals surface area contributed by atoms with Crippen LogP contribution in [0.4, 0.5) is 19.1 Å². The highest BCUT2D eigenvalue weighted by Crippen LogP contribution is 2.32. The van der Waals surface area contributed by atoms with Gasteiger partial charge in [0.25, 0.3) is 0 Å². The molecule has 1 N–H and O–H groups in total. The molecule has 0 aliphatic carbocycles. The number of aromatic nitrogens is 2. The first-order valence-electron chi connectivity index (χ1n) is 6.14. The number of hydrogen-bond donors (Lipinski definition) is 1. The molecule has 0 spiro atoms. The van der Waals surface area contributed by atoms with E-state index in [4.69, 9.17) is 4.74 Å². The zero-order valence-electron chi connectivity index (χ0n) is 11.7. The van der Waals surface area contributed by atoms with Gasteiger partial charge in [-0.05, 0) is 36.8 Å². The normalized spacial score (nSPS) is 11.3. The molecule has 0 saturated carbocycles. The van der Waals surface area contributed by atoms with Crippen LogP contribution in [0, 0.1) is 6.92 Å². The topological polar surface area (TPSA) is 47.0 Å². The van der Waals surface area contributed by atoms with Gasteiger partial charge in [-0.2, -0.15) is 13.2 Å². The number of nitrogens with one attached hydrogen (secondary N) is 1.